The van der Waals surface area contributed by atoms with E-state index in [-0.39, 0.29) is 0 Å². The second-order valence-corrected chi connectivity index (χ2v) is 4.75. The van der Waals surface area contributed by atoms with E-state index in [9.17, 15) is 0 Å². The van der Waals surface area contributed by atoms with E-state index in [4.69, 9.17) is 12.2 Å². The van der Waals surface area contributed by atoms with Gasteiger partial charge in [0.2, 0.25) is 0 Å². The van der Waals surface area contributed by atoms with Gasteiger partial charge in [0.1, 0.15) is 0 Å². The molecule has 1 saturated heterocycles. The lowest BCUT2D eigenvalue weighted by molar-refractivity contribution is 0.0964. The highest BCUT2D eigenvalue weighted by Crippen LogP contribution is 2.22. The number of nitrogens with zero attached hydrogens (tertiary/aromatic N) is 1. The maximum atomic E-state index is 6.05. The largest absolute Gasteiger partial charge is 0.327 e. The molecule has 3 atom stereocenters. The molecule has 86 valence electrons. The molecule has 0 spiro atoms. The first-order valence-corrected chi connectivity index (χ1v) is 6.10. The Hall–Kier alpha value is -0.520. The third-order valence-electron chi connectivity index (χ3n) is 3.78. The molecule has 2 N–H and O–H groups in total. The van der Waals surface area contributed by atoms with Crippen LogP contribution < -0.4 is 5.73 Å². The first kappa shape index (κ1) is 12.5. The van der Waals surface area contributed by atoms with Crippen molar-refractivity contribution in [3.05, 3.63) is 0 Å². The van der Waals surface area contributed by atoms with Crippen LogP contribution in [0.15, 0.2) is 0 Å². The van der Waals surface area contributed by atoms with E-state index < -0.39 is 0 Å². The Labute approximate surface area is 94.2 Å². The van der Waals surface area contributed by atoms with Crippen molar-refractivity contribution < 1.29 is 0 Å². The molecule has 0 aromatic heterocycles. The van der Waals surface area contributed by atoms with E-state index in [2.05, 4.69) is 24.7 Å². The van der Waals surface area contributed by atoms with Crippen molar-refractivity contribution in [1.29, 1.82) is 0 Å². The van der Waals surface area contributed by atoms with E-state index in [1.165, 1.54) is 13.0 Å². The third kappa shape index (κ3) is 3.52. The van der Waals surface area contributed by atoms with Gasteiger partial charge in [0, 0.05) is 18.5 Å². The molecule has 0 saturated carbocycles. The molecule has 0 bridgehead atoms. The van der Waals surface area contributed by atoms with E-state index in [1.807, 2.05) is 0 Å². The van der Waals surface area contributed by atoms with E-state index in [1.54, 1.807) is 0 Å². The normalized spacial score (nSPS) is 32.5. The number of likely N-dealkylation sites (tertiary alicyclic amines) is 1. The van der Waals surface area contributed by atoms with Gasteiger partial charge in [-0.25, -0.2) is 0 Å². The van der Waals surface area contributed by atoms with Crippen LogP contribution in [0.4, 0.5) is 0 Å². The van der Waals surface area contributed by atoms with Crippen molar-refractivity contribution in [2.24, 2.45) is 11.7 Å². The van der Waals surface area contributed by atoms with Crippen molar-refractivity contribution in [2.45, 2.75) is 51.6 Å². The first-order chi connectivity index (χ1) is 7.16. The zero-order valence-corrected chi connectivity index (χ0v) is 10.1. The molecule has 0 radical (unpaired) electrons. The number of piperidine rings is 1. The van der Waals surface area contributed by atoms with Crippen LogP contribution >= 0.6 is 0 Å². The standard InChI is InChI=1S/C13H24N2/c1-4-5-6-7-9-15-10-8-13(14)11(2)12(15)3/h1,11-13H,5-10,14H2,2-3H3. The fourth-order valence-corrected chi connectivity index (χ4v) is 2.33. The highest BCUT2D eigenvalue weighted by atomic mass is 15.2. The minimum Gasteiger partial charge on any atom is -0.327 e. The highest BCUT2D eigenvalue weighted by Gasteiger charge is 2.29. The zero-order chi connectivity index (χ0) is 11.3. The van der Waals surface area contributed by atoms with Crippen LogP contribution in [0.2, 0.25) is 0 Å². The molecule has 1 heterocycles. The van der Waals surface area contributed by atoms with Crippen molar-refractivity contribution >= 4 is 0 Å². The fourth-order valence-electron chi connectivity index (χ4n) is 2.33. The number of nitrogens with two attached hydrogens (primary N) is 1. The van der Waals surface area contributed by atoms with E-state index in [0.29, 0.717) is 18.0 Å². The number of terminal acetylenes is 1. The second-order valence-electron chi connectivity index (χ2n) is 4.75. The molecule has 0 aromatic rings. The first-order valence-electron chi connectivity index (χ1n) is 6.10. The lowest BCUT2D eigenvalue weighted by Gasteiger charge is -2.41. The molecule has 0 aromatic carbocycles. The molecule has 1 aliphatic heterocycles. The maximum Gasteiger partial charge on any atom is 0.0107 e. The number of hydrogen-bond donors (Lipinski definition) is 1. The molecular weight excluding hydrogens is 184 g/mol. The van der Waals surface area contributed by atoms with Crippen LogP contribution in [0, 0.1) is 18.3 Å². The molecular formula is C13H24N2. The smallest absolute Gasteiger partial charge is 0.0107 e. The summed E-state index contributed by atoms with van der Waals surface area (Å²) in [4.78, 5) is 2.56. The Morgan fingerprint density at radius 1 is 1.40 bits per heavy atom. The fraction of sp³-hybridized carbons (Fsp3) is 0.846. The molecule has 1 rings (SSSR count). The summed E-state index contributed by atoms with van der Waals surface area (Å²) in [5.74, 6) is 3.31. The summed E-state index contributed by atoms with van der Waals surface area (Å²) in [7, 11) is 0. The second kappa shape index (κ2) is 6.15. The van der Waals surface area contributed by atoms with Gasteiger partial charge in [-0.1, -0.05) is 6.92 Å². The van der Waals surface area contributed by atoms with Crippen LogP contribution in [-0.2, 0) is 0 Å². The number of rotatable bonds is 4. The Bertz CT molecular complexity index is 219. The molecule has 3 unspecified atom stereocenters. The van der Waals surface area contributed by atoms with Gasteiger partial charge in [0.25, 0.3) is 0 Å². The topological polar surface area (TPSA) is 29.3 Å². The molecule has 0 aliphatic carbocycles. The van der Waals surface area contributed by atoms with Crippen molar-refractivity contribution in [2.75, 3.05) is 13.1 Å². The molecule has 1 fully saturated rings. The van der Waals surface area contributed by atoms with E-state index in [0.717, 1.165) is 25.8 Å². The van der Waals surface area contributed by atoms with Gasteiger partial charge in [-0.2, -0.15) is 0 Å². The molecule has 15 heavy (non-hydrogen) atoms. The monoisotopic (exact) mass is 208 g/mol. The summed E-state index contributed by atoms with van der Waals surface area (Å²) in [6.07, 6.45) is 9.66. The zero-order valence-electron chi connectivity index (χ0n) is 10.1. The summed E-state index contributed by atoms with van der Waals surface area (Å²) in [6.45, 7) is 6.90. The molecule has 1 aliphatic rings. The van der Waals surface area contributed by atoms with Crippen LogP contribution in [0.1, 0.15) is 39.5 Å². The predicted molar refractivity (Wildman–Crippen MR) is 65.5 cm³/mol. The minimum absolute atomic E-state index is 0.391. The van der Waals surface area contributed by atoms with Gasteiger partial charge < -0.3 is 10.6 Å². The average Bonchev–Trinajstić information content (AvgIpc) is 2.24. The van der Waals surface area contributed by atoms with Gasteiger partial charge in [0.15, 0.2) is 0 Å². The van der Waals surface area contributed by atoms with Gasteiger partial charge >= 0.3 is 0 Å². The SMILES string of the molecule is C#CCCCCN1CCC(N)C(C)C1C. The van der Waals surface area contributed by atoms with Crippen molar-refractivity contribution in [3.8, 4) is 12.3 Å². The Balaban J connectivity index is 2.27. The van der Waals surface area contributed by atoms with Gasteiger partial charge in [-0.3, -0.25) is 0 Å². The van der Waals surface area contributed by atoms with Crippen LogP contribution in [0.5, 0.6) is 0 Å². The lowest BCUT2D eigenvalue weighted by Crippen LogP contribution is -2.51. The van der Waals surface area contributed by atoms with Gasteiger partial charge in [-0.15, -0.1) is 12.3 Å². The van der Waals surface area contributed by atoms with Crippen LogP contribution in [-0.4, -0.2) is 30.1 Å². The number of hydrogen-bond acceptors (Lipinski definition) is 2. The summed E-state index contributed by atoms with van der Waals surface area (Å²) in [6, 6.07) is 1.02. The third-order valence-corrected chi connectivity index (χ3v) is 3.78. The maximum absolute atomic E-state index is 6.05. The lowest BCUT2D eigenvalue weighted by atomic mass is 9.87. The highest BCUT2D eigenvalue weighted by molar-refractivity contribution is 4.87. The molecule has 0 amide bonds. The van der Waals surface area contributed by atoms with Crippen molar-refractivity contribution in [3.63, 3.8) is 0 Å². The minimum atomic E-state index is 0.391. The number of unbranched alkanes of at least 4 members (excludes halogenated alkanes) is 2. The summed E-state index contributed by atoms with van der Waals surface area (Å²) < 4.78 is 0. The van der Waals surface area contributed by atoms with Crippen molar-refractivity contribution in [1.82, 2.24) is 4.90 Å². The van der Waals surface area contributed by atoms with Gasteiger partial charge in [-0.05, 0) is 45.2 Å². The predicted octanol–water partition coefficient (Wildman–Crippen LogP) is 1.85. The summed E-state index contributed by atoms with van der Waals surface area (Å²) >= 11 is 0. The average molecular weight is 208 g/mol. The Morgan fingerprint density at radius 3 is 2.80 bits per heavy atom. The Morgan fingerprint density at radius 2 is 2.13 bits per heavy atom. The van der Waals surface area contributed by atoms with E-state index >= 15 is 0 Å². The van der Waals surface area contributed by atoms with Crippen LogP contribution in [0.3, 0.4) is 0 Å². The quantitative estimate of drug-likeness (QED) is 0.564. The molecule has 2 heteroatoms. The Kier molecular flexibility index (Phi) is 5.14. The summed E-state index contributed by atoms with van der Waals surface area (Å²) in [5, 5.41) is 0. The molecule has 2 nitrogen and oxygen atoms in total. The van der Waals surface area contributed by atoms with Gasteiger partial charge in [0.05, 0.1) is 0 Å². The summed E-state index contributed by atoms with van der Waals surface area (Å²) in [5.41, 5.74) is 6.05. The van der Waals surface area contributed by atoms with Crippen LogP contribution in [0.25, 0.3) is 0 Å².